The summed E-state index contributed by atoms with van der Waals surface area (Å²) in [7, 11) is -3.38. The maximum atomic E-state index is 12.3. The molecule has 5 nitrogen and oxygen atoms in total. The van der Waals surface area contributed by atoms with E-state index in [0.29, 0.717) is 18.5 Å². The van der Waals surface area contributed by atoms with Crippen LogP contribution in [0.15, 0.2) is 35.7 Å². The number of carbonyl (C=O) groups is 1. The number of sulfone groups is 1. The third-order valence-corrected chi connectivity index (χ3v) is 4.82. The zero-order valence-corrected chi connectivity index (χ0v) is 15.0. The van der Waals surface area contributed by atoms with Crippen LogP contribution < -0.4 is 5.32 Å². The van der Waals surface area contributed by atoms with Crippen molar-refractivity contribution in [2.75, 3.05) is 11.1 Å². The Kier molecular flexibility index (Phi) is 6.38. The van der Waals surface area contributed by atoms with E-state index < -0.39 is 21.5 Å². The molecule has 0 fully saturated rings. The Morgan fingerprint density at radius 2 is 2.00 bits per heavy atom. The first-order valence-corrected chi connectivity index (χ1v) is 9.15. The number of hydrogen-bond acceptors (Lipinski definition) is 4. The fourth-order valence-corrected chi connectivity index (χ4v) is 3.23. The van der Waals surface area contributed by atoms with Crippen LogP contribution in [0.1, 0.15) is 39.2 Å². The van der Waals surface area contributed by atoms with Crippen molar-refractivity contribution in [3.63, 3.8) is 0 Å². The van der Waals surface area contributed by atoms with E-state index in [1.165, 1.54) is 6.07 Å². The molecule has 0 aliphatic rings. The summed E-state index contributed by atoms with van der Waals surface area (Å²) in [4.78, 5) is 12.1. The van der Waals surface area contributed by atoms with Gasteiger partial charge in [0.2, 0.25) is 0 Å². The number of nitrogens with one attached hydrogen (secondary N) is 1. The van der Waals surface area contributed by atoms with Crippen LogP contribution in [0.4, 0.5) is 10.5 Å². The van der Waals surface area contributed by atoms with Crippen molar-refractivity contribution in [3.05, 3.63) is 36.4 Å². The lowest BCUT2D eigenvalue weighted by Gasteiger charge is -2.20. The molecule has 0 aromatic heterocycles. The molecule has 0 unspecified atom stereocenters. The van der Waals surface area contributed by atoms with E-state index in [1.54, 1.807) is 45.9 Å². The highest BCUT2D eigenvalue weighted by atomic mass is 32.2. The van der Waals surface area contributed by atoms with E-state index in [-0.39, 0.29) is 10.6 Å². The Balaban J connectivity index is 2.95. The lowest BCUT2D eigenvalue weighted by molar-refractivity contribution is 0.0635. The molecule has 0 spiro atoms. The number of carbonyl (C=O) groups excluding carboxylic acids is 1. The second-order valence-electron chi connectivity index (χ2n) is 6.35. The molecule has 1 amide bonds. The first kappa shape index (κ1) is 19.2. The standard InChI is InChI=1S/C17H25NO4S/c1-6-7-8-11-23(20,21)14-10-9-13(2)15(12-14)18-16(19)22-17(3,4)5/h6,9-10,12H,1,7-8,11H2,2-5H3,(H,18,19). The quantitative estimate of drug-likeness (QED) is 0.626. The lowest BCUT2D eigenvalue weighted by atomic mass is 10.2. The number of unbranched alkanes of at least 4 members (excludes halogenated alkanes) is 1. The zero-order valence-electron chi connectivity index (χ0n) is 14.2. The van der Waals surface area contributed by atoms with E-state index in [9.17, 15) is 13.2 Å². The summed E-state index contributed by atoms with van der Waals surface area (Å²) in [5.41, 5.74) is 0.580. The second-order valence-corrected chi connectivity index (χ2v) is 8.46. The Labute approximate surface area is 138 Å². The number of benzene rings is 1. The molecule has 1 N–H and O–H groups in total. The fourth-order valence-electron chi connectivity index (χ4n) is 1.88. The van der Waals surface area contributed by atoms with Crippen molar-refractivity contribution in [2.45, 2.75) is 51.0 Å². The van der Waals surface area contributed by atoms with Gasteiger partial charge in [-0.15, -0.1) is 6.58 Å². The first-order chi connectivity index (χ1) is 10.5. The summed E-state index contributed by atoms with van der Waals surface area (Å²) in [5.74, 6) is 0.0496. The molecule has 0 aliphatic heterocycles. The Hall–Kier alpha value is -1.82. The van der Waals surface area contributed by atoms with Crippen molar-refractivity contribution in [3.8, 4) is 0 Å². The molecule has 0 radical (unpaired) electrons. The van der Waals surface area contributed by atoms with Crippen LogP contribution in [0.2, 0.25) is 0 Å². The van der Waals surface area contributed by atoms with Crippen LogP contribution in [0.5, 0.6) is 0 Å². The molecule has 0 bridgehead atoms. The monoisotopic (exact) mass is 339 g/mol. The van der Waals surface area contributed by atoms with Crippen molar-refractivity contribution in [1.82, 2.24) is 0 Å². The van der Waals surface area contributed by atoms with E-state index in [1.807, 2.05) is 0 Å². The van der Waals surface area contributed by atoms with Gasteiger partial charge in [0, 0.05) is 5.69 Å². The minimum Gasteiger partial charge on any atom is -0.444 e. The average Bonchev–Trinajstić information content (AvgIpc) is 2.39. The maximum absolute atomic E-state index is 12.3. The number of anilines is 1. The number of hydrogen-bond donors (Lipinski definition) is 1. The number of ether oxygens (including phenoxy) is 1. The molecule has 0 saturated carbocycles. The van der Waals surface area contributed by atoms with E-state index >= 15 is 0 Å². The van der Waals surface area contributed by atoms with Crippen molar-refractivity contribution in [1.29, 1.82) is 0 Å². The van der Waals surface area contributed by atoms with Gasteiger partial charge in [0.15, 0.2) is 9.84 Å². The molecule has 128 valence electrons. The van der Waals surface area contributed by atoms with Gasteiger partial charge in [0.1, 0.15) is 5.60 Å². The largest absolute Gasteiger partial charge is 0.444 e. The van der Waals surface area contributed by atoms with Gasteiger partial charge in [0.05, 0.1) is 10.6 Å². The van der Waals surface area contributed by atoms with Gasteiger partial charge >= 0.3 is 6.09 Å². The predicted molar refractivity (Wildman–Crippen MR) is 92.5 cm³/mol. The fraction of sp³-hybridized carbons (Fsp3) is 0.471. The SMILES string of the molecule is C=CCCCS(=O)(=O)c1ccc(C)c(NC(=O)OC(C)(C)C)c1. The molecule has 6 heteroatoms. The smallest absolute Gasteiger partial charge is 0.412 e. The van der Waals surface area contributed by atoms with Crippen molar-refractivity contribution in [2.24, 2.45) is 0 Å². The number of rotatable bonds is 6. The zero-order chi connectivity index (χ0) is 17.7. The molecule has 1 aromatic rings. The van der Waals surface area contributed by atoms with Gasteiger partial charge in [-0.1, -0.05) is 12.1 Å². The van der Waals surface area contributed by atoms with Crippen LogP contribution >= 0.6 is 0 Å². The topological polar surface area (TPSA) is 72.5 Å². The van der Waals surface area contributed by atoms with Gasteiger partial charge in [-0.25, -0.2) is 13.2 Å². The molecular formula is C17H25NO4S. The van der Waals surface area contributed by atoms with Gasteiger partial charge in [-0.2, -0.15) is 0 Å². The Morgan fingerprint density at radius 1 is 1.35 bits per heavy atom. The van der Waals surface area contributed by atoms with Gasteiger partial charge in [0.25, 0.3) is 0 Å². The number of allylic oxidation sites excluding steroid dienone is 1. The molecule has 1 rings (SSSR count). The van der Waals surface area contributed by atoms with E-state index in [4.69, 9.17) is 4.74 Å². The van der Waals surface area contributed by atoms with Crippen LogP contribution in [0, 0.1) is 6.92 Å². The van der Waals surface area contributed by atoms with Crippen LogP contribution in [-0.4, -0.2) is 25.9 Å². The van der Waals surface area contributed by atoms with Crippen molar-refractivity contribution >= 4 is 21.6 Å². The van der Waals surface area contributed by atoms with Gasteiger partial charge in [-0.05, 0) is 58.2 Å². The van der Waals surface area contributed by atoms with E-state index in [2.05, 4.69) is 11.9 Å². The average molecular weight is 339 g/mol. The Morgan fingerprint density at radius 3 is 2.57 bits per heavy atom. The molecule has 0 heterocycles. The number of aryl methyl sites for hydroxylation is 1. The summed E-state index contributed by atoms with van der Waals surface area (Å²) in [5, 5.41) is 2.60. The van der Waals surface area contributed by atoms with Crippen LogP contribution in [0.3, 0.4) is 0 Å². The van der Waals surface area contributed by atoms with Gasteiger partial charge in [-0.3, -0.25) is 5.32 Å². The Bertz CT molecular complexity index is 672. The third kappa shape index (κ3) is 6.44. The van der Waals surface area contributed by atoms with Gasteiger partial charge < -0.3 is 4.74 Å². The minimum atomic E-state index is -3.38. The lowest BCUT2D eigenvalue weighted by Crippen LogP contribution is -2.27. The molecular weight excluding hydrogens is 314 g/mol. The highest BCUT2D eigenvalue weighted by Crippen LogP contribution is 2.22. The summed E-state index contributed by atoms with van der Waals surface area (Å²) in [6, 6.07) is 4.70. The second kappa shape index (κ2) is 7.64. The highest BCUT2D eigenvalue weighted by Gasteiger charge is 2.19. The summed E-state index contributed by atoms with van der Waals surface area (Å²) in [6.45, 7) is 10.7. The van der Waals surface area contributed by atoms with Crippen LogP contribution in [-0.2, 0) is 14.6 Å². The summed E-state index contributed by atoms with van der Waals surface area (Å²) < 4.78 is 29.8. The predicted octanol–water partition coefficient (Wildman–Crippen LogP) is 4.08. The normalized spacial score (nSPS) is 11.8. The third-order valence-electron chi connectivity index (χ3n) is 3.03. The van der Waals surface area contributed by atoms with E-state index in [0.717, 1.165) is 5.56 Å². The maximum Gasteiger partial charge on any atom is 0.412 e. The summed E-state index contributed by atoms with van der Waals surface area (Å²) in [6.07, 6.45) is 2.25. The molecule has 0 atom stereocenters. The first-order valence-electron chi connectivity index (χ1n) is 7.49. The van der Waals surface area contributed by atoms with Crippen LogP contribution in [0.25, 0.3) is 0 Å². The van der Waals surface area contributed by atoms with Crippen molar-refractivity contribution < 1.29 is 17.9 Å². The minimum absolute atomic E-state index is 0.0496. The molecule has 0 aliphatic carbocycles. The highest BCUT2D eigenvalue weighted by molar-refractivity contribution is 7.91. The molecule has 23 heavy (non-hydrogen) atoms. The summed E-state index contributed by atoms with van der Waals surface area (Å²) >= 11 is 0. The molecule has 0 saturated heterocycles. The number of amides is 1. The molecule has 1 aromatic carbocycles.